The predicted molar refractivity (Wildman–Crippen MR) is 123 cm³/mol. The third-order valence-electron chi connectivity index (χ3n) is 5.65. The molecule has 4 aromatic rings. The molecule has 164 valence electrons. The molecule has 0 aliphatic carbocycles. The van der Waals surface area contributed by atoms with E-state index in [0.29, 0.717) is 37.0 Å². The van der Waals surface area contributed by atoms with Crippen LogP contribution in [-0.2, 0) is 6.54 Å². The molecule has 1 aliphatic rings. The highest BCUT2D eigenvalue weighted by Gasteiger charge is 2.24. The third kappa shape index (κ3) is 4.26. The number of nitrogens with zero attached hydrogens (tertiary/aromatic N) is 4. The standard InChI is InChI=1S/C23H22BrN5O3/c1-31-18-5-2-15(3-6-18)22-26-21(32-27-22)14-28-8-10-29(11-9-28)23(30)20-13-16-12-17(24)4-7-19(16)25-20/h2-7,12-13,25H,8-11,14H2,1H3. The van der Waals surface area contributed by atoms with Crippen molar-refractivity contribution in [3.63, 3.8) is 0 Å². The zero-order valence-electron chi connectivity index (χ0n) is 17.5. The molecule has 5 rings (SSSR count). The van der Waals surface area contributed by atoms with Gasteiger partial charge in [-0.05, 0) is 48.5 Å². The van der Waals surface area contributed by atoms with Crippen molar-refractivity contribution in [2.45, 2.75) is 6.54 Å². The fourth-order valence-corrected chi connectivity index (χ4v) is 4.24. The number of amides is 1. The van der Waals surface area contributed by atoms with Gasteiger partial charge in [-0.2, -0.15) is 4.98 Å². The van der Waals surface area contributed by atoms with Gasteiger partial charge in [-0.25, -0.2) is 0 Å². The molecule has 3 heterocycles. The number of hydrogen-bond acceptors (Lipinski definition) is 6. The van der Waals surface area contributed by atoms with Gasteiger partial charge >= 0.3 is 0 Å². The Balaban J connectivity index is 1.18. The van der Waals surface area contributed by atoms with Gasteiger partial charge in [-0.1, -0.05) is 21.1 Å². The van der Waals surface area contributed by atoms with E-state index in [1.165, 1.54) is 0 Å². The average molecular weight is 496 g/mol. The first-order valence-corrected chi connectivity index (χ1v) is 11.2. The lowest BCUT2D eigenvalue weighted by molar-refractivity contribution is 0.0610. The maximum absolute atomic E-state index is 12.9. The molecule has 0 atom stereocenters. The van der Waals surface area contributed by atoms with Crippen LogP contribution in [0, 0.1) is 0 Å². The molecule has 1 aliphatic heterocycles. The number of aromatic amines is 1. The molecule has 0 spiro atoms. The van der Waals surface area contributed by atoms with Crippen molar-refractivity contribution < 1.29 is 14.1 Å². The summed E-state index contributed by atoms with van der Waals surface area (Å²) in [6.07, 6.45) is 0. The molecule has 0 saturated carbocycles. The summed E-state index contributed by atoms with van der Waals surface area (Å²) >= 11 is 3.47. The highest BCUT2D eigenvalue weighted by molar-refractivity contribution is 9.10. The Morgan fingerprint density at radius 2 is 1.91 bits per heavy atom. The van der Waals surface area contributed by atoms with Crippen molar-refractivity contribution in [3.05, 3.63) is 64.6 Å². The lowest BCUT2D eigenvalue weighted by Crippen LogP contribution is -2.48. The summed E-state index contributed by atoms with van der Waals surface area (Å²) in [5.74, 6) is 1.93. The minimum absolute atomic E-state index is 0.0246. The largest absolute Gasteiger partial charge is 0.497 e. The first-order chi connectivity index (χ1) is 15.6. The molecule has 1 amide bonds. The summed E-state index contributed by atoms with van der Waals surface area (Å²) in [6.45, 7) is 3.36. The zero-order valence-corrected chi connectivity index (χ0v) is 19.1. The highest BCUT2D eigenvalue weighted by atomic mass is 79.9. The molecular weight excluding hydrogens is 474 g/mol. The number of aromatic nitrogens is 3. The second-order valence-electron chi connectivity index (χ2n) is 7.72. The Kier molecular flexibility index (Phi) is 5.67. The van der Waals surface area contributed by atoms with Crippen molar-refractivity contribution in [1.29, 1.82) is 0 Å². The summed E-state index contributed by atoms with van der Waals surface area (Å²) in [7, 11) is 1.63. The van der Waals surface area contributed by atoms with E-state index in [1.807, 2.05) is 53.4 Å². The number of carbonyl (C=O) groups excluding carboxylic acids is 1. The molecular formula is C23H22BrN5O3. The lowest BCUT2D eigenvalue weighted by Gasteiger charge is -2.33. The lowest BCUT2D eigenvalue weighted by atomic mass is 10.2. The van der Waals surface area contributed by atoms with Gasteiger partial charge in [0, 0.05) is 47.1 Å². The van der Waals surface area contributed by atoms with Crippen LogP contribution in [0.1, 0.15) is 16.4 Å². The second kappa shape index (κ2) is 8.76. The Bertz CT molecular complexity index is 1240. The van der Waals surface area contributed by atoms with E-state index in [2.05, 4.69) is 36.0 Å². The Morgan fingerprint density at radius 1 is 1.12 bits per heavy atom. The topological polar surface area (TPSA) is 87.5 Å². The summed E-state index contributed by atoms with van der Waals surface area (Å²) in [5.41, 5.74) is 2.45. The van der Waals surface area contributed by atoms with Crippen molar-refractivity contribution in [3.8, 4) is 17.1 Å². The van der Waals surface area contributed by atoms with Crippen LogP contribution in [0.3, 0.4) is 0 Å². The van der Waals surface area contributed by atoms with Gasteiger partial charge in [0.25, 0.3) is 5.91 Å². The molecule has 1 N–H and O–H groups in total. The summed E-state index contributed by atoms with van der Waals surface area (Å²) in [6, 6.07) is 15.4. The molecule has 1 saturated heterocycles. The van der Waals surface area contributed by atoms with Crippen LogP contribution in [0.2, 0.25) is 0 Å². The number of ether oxygens (including phenoxy) is 1. The number of hydrogen-bond donors (Lipinski definition) is 1. The van der Waals surface area contributed by atoms with Crippen molar-refractivity contribution in [2.75, 3.05) is 33.3 Å². The van der Waals surface area contributed by atoms with Crippen molar-refractivity contribution in [2.24, 2.45) is 0 Å². The number of carbonyl (C=O) groups is 1. The molecule has 2 aromatic carbocycles. The summed E-state index contributed by atoms with van der Waals surface area (Å²) in [5, 5.41) is 5.11. The van der Waals surface area contributed by atoms with E-state index in [4.69, 9.17) is 9.26 Å². The molecule has 0 radical (unpaired) electrons. The van der Waals surface area contributed by atoms with Crippen LogP contribution in [0.25, 0.3) is 22.3 Å². The average Bonchev–Trinajstić information content (AvgIpc) is 3.46. The van der Waals surface area contributed by atoms with E-state index in [0.717, 1.165) is 39.8 Å². The first-order valence-electron chi connectivity index (χ1n) is 10.4. The minimum atomic E-state index is 0.0246. The maximum Gasteiger partial charge on any atom is 0.270 e. The molecule has 9 heteroatoms. The van der Waals surface area contributed by atoms with Crippen molar-refractivity contribution >= 4 is 32.7 Å². The van der Waals surface area contributed by atoms with Crippen LogP contribution in [-0.4, -0.2) is 64.1 Å². The van der Waals surface area contributed by atoms with E-state index >= 15 is 0 Å². The Morgan fingerprint density at radius 3 is 2.66 bits per heavy atom. The number of benzene rings is 2. The quantitative estimate of drug-likeness (QED) is 0.451. The highest BCUT2D eigenvalue weighted by Crippen LogP contribution is 2.22. The van der Waals surface area contributed by atoms with Gasteiger partial charge in [-0.3, -0.25) is 9.69 Å². The van der Waals surface area contributed by atoms with Gasteiger partial charge in [-0.15, -0.1) is 0 Å². The van der Waals surface area contributed by atoms with Gasteiger partial charge in [0.15, 0.2) is 0 Å². The number of halogens is 1. The smallest absolute Gasteiger partial charge is 0.270 e. The first kappa shape index (κ1) is 20.7. The molecule has 2 aromatic heterocycles. The van der Waals surface area contributed by atoms with Crippen LogP contribution in [0.15, 0.2) is 57.5 Å². The molecule has 0 bridgehead atoms. The number of nitrogens with one attached hydrogen (secondary N) is 1. The van der Waals surface area contributed by atoms with Gasteiger partial charge in [0.05, 0.1) is 13.7 Å². The fraction of sp³-hybridized carbons (Fsp3) is 0.261. The number of piperazine rings is 1. The van der Waals surface area contributed by atoms with Gasteiger partial charge < -0.3 is 19.1 Å². The summed E-state index contributed by atoms with van der Waals surface area (Å²) in [4.78, 5) is 24.8. The Hall–Kier alpha value is -3.17. The zero-order chi connectivity index (χ0) is 22.1. The minimum Gasteiger partial charge on any atom is -0.497 e. The number of methoxy groups -OCH3 is 1. The predicted octanol–water partition coefficient (Wildman–Crippen LogP) is 3.95. The maximum atomic E-state index is 12.9. The van der Waals surface area contributed by atoms with E-state index in [-0.39, 0.29) is 5.91 Å². The molecule has 1 fully saturated rings. The molecule has 8 nitrogen and oxygen atoms in total. The Labute approximate surface area is 193 Å². The van der Waals surface area contributed by atoms with Crippen LogP contribution >= 0.6 is 15.9 Å². The number of H-pyrrole nitrogens is 1. The number of fused-ring (bicyclic) bond motifs is 1. The molecule has 0 unspecified atom stereocenters. The second-order valence-corrected chi connectivity index (χ2v) is 8.64. The van der Waals surface area contributed by atoms with Gasteiger partial charge in [0.2, 0.25) is 11.7 Å². The summed E-state index contributed by atoms with van der Waals surface area (Å²) < 4.78 is 11.6. The van der Waals surface area contributed by atoms with E-state index in [1.54, 1.807) is 7.11 Å². The van der Waals surface area contributed by atoms with E-state index in [9.17, 15) is 4.79 Å². The molecule has 32 heavy (non-hydrogen) atoms. The van der Waals surface area contributed by atoms with Gasteiger partial charge in [0.1, 0.15) is 11.4 Å². The third-order valence-corrected chi connectivity index (χ3v) is 6.14. The van der Waals surface area contributed by atoms with Crippen LogP contribution in [0.4, 0.5) is 0 Å². The van der Waals surface area contributed by atoms with Crippen LogP contribution < -0.4 is 4.74 Å². The monoisotopic (exact) mass is 495 g/mol. The van der Waals surface area contributed by atoms with E-state index < -0.39 is 0 Å². The number of rotatable bonds is 5. The normalized spacial score (nSPS) is 14.8. The fourth-order valence-electron chi connectivity index (χ4n) is 3.87. The van der Waals surface area contributed by atoms with Crippen LogP contribution in [0.5, 0.6) is 5.75 Å². The van der Waals surface area contributed by atoms with Crippen molar-refractivity contribution in [1.82, 2.24) is 24.9 Å². The SMILES string of the molecule is COc1ccc(-c2noc(CN3CCN(C(=O)c4cc5cc(Br)ccc5[nH]4)CC3)n2)cc1.